The summed E-state index contributed by atoms with van der Waals surface area (Å²) in [6.07, 6.45) is 0. The van der Waals surface area contributed by atoms with Crippen LogP contribution in [0.5, 0.6) is 0 Å². The summed E-state index contributed by atoms with van der Waals surface area (Å²) < 4.78 is 48.8. The van der Waals surface area contributed by atoms with Crippen molar-refractivity contribution in [2.75, 3.05) is 5.75 Å². The van der Waals surface area contributed by atoms with Gasteiger partial charge in [0.2, 0.25) is 15.9 Å². The number of sulfonamides is 1. The largest absolute Gasteiger partial charge is 0.349 e. The van der Waals surface area contributed by atoms with E-state index in [0.29, 0.717) is 5.56 Å². The summed E-state index contributed by atoms with van der Waals surface area (Å²) >= 11 is 0.957. The molecule has 2 aromatic carbocycles. The van der Waals surface area contributed by atoms with Crippen molar-refractivity contribution in [2.45, 2.75) is 22.8 Å². The number of hydrogen-bond donors (Lipinski definition) is 2. The molecular formula is C16H16F2N2O3S2. The predicted octanol–water partition coefficient (Wildman–Crippen LogP) is 2.58. The Bertz CT molecular complexity index is 871. The van der Waals surface area contributed by atoms with Gasteiger partial charge in [-0.05, 0) is 36.8 Å². The molecule has 3 N–H and O–H groups in total. The first-order chi connectivity index (χ1) is 11.7. The maximum absolute atomic E-state index is 13.5. The second kappa shape index (κ2) is 7.94. The molecule has 0 fully saturated rings. The number of carbonyl (C=O) groups excluding carboxylic acids is 1. The topological polar surface area (TPSA) is 89.3 Å². The Labute approximate surface area is 148 Å². The van der Waals surface area contributed by atoms with Crippen molar-refractivity contribution in [1.82, 2.24) is 5.32 Å². The Kier molecular flexibility index (Phi) is 6.15. The number of thioether (sulfide) groups is 1. The molecule has 0 bridgehead atoms. The molecule has 9 heteroatoms. The summed E-state index contributed by atoms with van der Waals surface area (Å²) in [5.41, 5.74) is 0.693. The standard InChI is InChI=1S/C16H16F2N2O3S2/c1-10(11-2-5-13(6-3-11)25(19,22)23)20-16(21)9-24-15-7-4-12(17)8-14(15)18/h2-8,10H,9H2,1H3,(H,20,21)(H2,19,22,23)/t10-/m0/s1. The Morgan fingerprint density at radius 3 is 2.40 bits per heavy atom. The molecule has 0 spiro atoms. The molecule has 0 aliphatic rings. The quantitative estimate of drug-likeness (QED) is 0.747. The zero-order chi connectivity index (χ0) is 18.6. The maximum atomic E-state index is 13.5. The summed E-state index contributed by atoms with van der Waals surface area (Å²) in [5, 5.41) is 7.74. The minimum absolute atomic E-state index is 0.0166. The van der Waals surface area contributed by atoms with Gasteiger partial charge < -0.3 is 5.32 Å². The molecule has 0 saturated carbocycles. The second-order valence-electron chi connectivity index (χ2n) is 5.27. The minimum Gasteiger partial charge on any atom is -0.349 e. The van der Waals surface area contributed by atoms with Gasteiger partial charge in [-0.3, -0.25) is 4.79 Å². The van der Waals surface area contributed by atoms with Crippen LogP contribution in [0, 0.1) is 11.6 Å². The highest BCUT2D eigenvalue weighted by Crippen LogP contribution is 2.22. The van der Waals surface area contributed by atoms with Crippen molar-refractivity contribution >= 4 is 27.7 Å². The van der Waals surface area contributed by atoms with Crippen molar-refractivity contribution in [1.29, 1.82) is 0 Å². The van der Waals surface area contributed by atoms with Crippen LogP contribution in [-0.4, -0.2) is 20.1 Å². The molecule has 0 saturated heterocycles. The van der Waals surface area contributed by atoms with E-state index in [2.05, 4.69) is 5.32 Å². The van der Waals surface area contributed by atoms with Gasteiger partial charge in [0.05, 0.1) is 16.7 Å². The summed E-state index contributed by atoms with van der Waals surface area (Å²) in [5.74, 6) is -1.77. The number of rotatable bonds is 6. The fraction of sp³-hybridized carbons (Fsp3) is 0.188. The fourth-order valence-electron chi connectivity index (χ4n) is 2.05. The summed E-state index contributed by atoms with van der Waals surface area (Å²) in [7, 11) is -3.77. The molecule has 0 unspecified atom stereocenters. The fourth-order valence-corrected chi connectivity index (χ4v) is 3.29. The zero-order valence-corrected chi connectivity index (χ0v) is 14.8. The molecule has 0 aromatic heterocycles. The Morgan fingerprint density at radius 1 is 1.20 bits per heavy atom. The first-order valence-electron chi connectivity index (χ1n) is 7.17. The molecule has 1 amide bonds. The molecule has 2 rings (SSSR count). The highest BCUT2D eigenvalue weighted by atomic mass is 32.2. The van der Waals surface area contributed by atoms with Gasteiger partial charge in [0, 0.05) is 11.0 Å². The van der Waals surface area contributed by atoms with Crippen LogP contribution in [0.1, 0.15) is 18.5 Å². The van der Waals surface area contributed by atoms with E-state index in [0.717, 1.165) is 23.9 Å². The third-order valence-electron chi connectivity index (χ3n) is 3.34. The van der Waals surface area contributed by atoms with Crippen molar-refractivity contribution in [3.8, 4) is 0 Å². The lowest BCUT2D eigenvalue weighted by atomic mass is 10.1. The van der Waals surface area contributed by atoms with Gasteiger partial charge in [-0.25, -0.2) is 22.3 Å². The predicted molar refractivity (Wildman–Crippen MR) is 91.5 cm³/mol. The molecule has 0 heterocycles. The normalized spacial score (nSPS) is 12.6. The average Bonchev–Trinajstić information content (AvgIpc) is 2.53. The Balaban J connectivity index is 1.93. The number of amides is 1. The van der Waals surface area contributed by atoms with E-state index in [-0.39, 0.29) is 27.5 Å². The van der Waals surface area contributed by atoms with E-state index in [4.69, 9.17) is 5.14 Å². The zero-order valence-electron chi connectivity index (χ0n) is 13.2. The van der Waals surface area contributed by atoms with Gasteiger partial charge in [-0.15, -0.1) is 11.8 Å². The molecule has 5 nitrogen and oxygen atoms in total. The molecule has 0 aliphatic heterocycles. The Hall–Kier alpha value is -1.97. The van der Waals surface area contributed by atoms with E-state index in [1.54, 1.807) is 19.1 Å². The number of benzene rings is 2. The molecule has 25 heavy (non-hydrogen) atoms. The van der Waals surface area contributed by atoms with Crippen LogP contribution in [0.25, 0.3) is 0 Å². The third kappa shape index (κ3) is 5.52. The number of halogens is 2. The van der Waals surface area contributed by atoms with Crippen LogP contribution in [-0.2, 0) is 14.8 Å². The Morgan fingerprint density at radius 2 is 1.84 bits per heavy atom. The smallest absolute Gasteiger partial charge is 0.238 e. The number of hydrogen-bond acceptors (Lipinski definition) is 4. The minimum atomic E-state index is -3.77. The number of primary sulfonamides is 1. The van der Waals surface area contributed by atoms with Crippen LogP contribution in [0.4, 0.5) is 8.78 Å². The van der Waals surface area contributed by atoms with Crippen molar-refractivity contribution in [3.05, 3.63) is 59.7 Å². The van der Waals surface area contributed by atoms with Crippen LogP contribution in [0.15, 0.2) is 52.3 Å². The van der Waals surface area contributed by atoms with E-state index in [1.165, 1.54) is 18.2 Å². The highest BCUT2D eigenvalue weighted by Gasteiger charge is 2.13. The summed E-state index contributed by atoms with van der Waals surface area (Å²) in [4.78, 5) is 12.1. The average molecular weight is 386 g/mol. The van der Waals surface area contributed by atoms with Gasteiger partial charge in [-0.2, -0.15) is 0 Å². The molecule has 0 aliphatic carbocycles. The number of nitrogens with one attached hydrogen (secondary N) is 1. The molecule has 0 radical (unpaired) electrons. The number of carbonyl (C=O) groups is 1. The third-order valence-corrected chi connectivity index (χ3v) is 5.32. The van der Waals surface area contributed by atoms with Crippen LogP contribution in [0.3, 0.4) is 0 Å². The van der Waals surface area contributed by atoms with Gasteiger partial charge >= 0.3 is 0 Å². The number of nitrogens with two attached hydrogens (primary N) is 1. The van der Waals surface area contributed by atoms with Crippen molar-refractivity contribution in [2.24, 2.45) is 5.14 Å². The maximum Gasteiger partial charge on any atom is 0.238 e. The van der Waals surface area contributed by atoms with Crippen LogP contribution in [0.2, 0.25) is 0 Å². The lowest BCUT2D eigenvalue weighted by Crippen LogP contribution is -2.28. The highest BCUT2D eigenvalue weighted by molar-refractivity contribution is 8.00. The van der Waals surface area contributed by atoms with E-state index >= 15 is 0 Å². The second-order valence-corrected chi connectivity index (χ2v) is 7.85. The van der Waals surface area contributed by atoms with Crippen LogP contribution >= 0.6 is 11.8 Å². The lowest BCUT2D eigenvalue weighted by molar-refractivity contribution is -0.119. The van der Waals surface area contributed by atoms with E-state index in [9.17, 15) is 22.0 Å². The monoisotopic (exact) mass is 386 g/mol. The first kappa shape index (κ1) is 19.4. The van der Waals surface area contributed by atoms with Gasteiger partial charge in [0.1, 0.15) is 11.6 Å². The van der Waals surface area contributed by atoms with E-state index in [1.807, 2.05) is 0 Å². The summed E-state index contributed by atoms with van der Waals surface area (Å²) in [6.45, 7) is 1.73. The first-order valence-corrected chi connectivity index (χ1v) is 9.70. The lowest BCUT2D eigenvalue weighted by Gasteiger charge is -2.14. The molecule has 134 valence electrons. The molecule has 2 aromatic rings. The van der Waals surface area contributed by atoms with Gasteiger partial charge in [0.25, 0.3) is 0 Å². The van der Waals surface area contributed by atoms with Gasteiger partial charge in [-0.1, -0.05) is 12.1 Å². The van der Waals surface area contributed by atoms with Crippen molar-refractivity contribution in [3.63, 3.8) is 0 Å². The van der Waals surface area contributed by atoms with Gasteiger partial charge in [0.15, 0.2) is 0 Å². The van der Waals surface area contributed by atoms with Crippen molar-refractivity contribution < 1.29 is 22.0 Å². The SMILES string of the molecule is C[C@H](NC(=O)CSc1ccc(F)cc1F)c1ccc(S(N)(=O)=O)cc1. The van der Waals surface area contributed by atoms with E-state index < -0.39 is 21.7 Å². The summed E-state index contributed by atoms with van der Waals surface area (Å²) in [6, 6.07) is 8.61. The molecule has 1 atom stereocenters. The molecular weight excluding hydrogens is 370 g/mol. The van der Waals surface area contributed by atoms with Crippen LogP contribution < -0.4 is 10.5 Å².